The minimum Gasteiger partial charge on any atom is -0.491 e. The van der Waals surface area contributed by atoms with Crippen molar-refractivity contribution in [3.63, 3.8) is 0 Å². The van der Waals surface area contributed by atoms with E-state index in [0.717, 1.165) is 6.42 Å². The molecule has 94 valence electrons. The van der Waals surface area contributed by atoms with Crippen molar-refractivity contribution in [2.45, 2.75) is 12.3 Å². The van der Waals surface area contributed by atoms with E-state index in [4.69, 9.17) is 21.6 Å². The highest BCUT2D eigenvalue weighted by Crippen LogP contribution is 2.35. The molecule has 1 unspecified atom stereocenters. The average Bonchev–Trinajstić information content (AvgIpc) is 2.40. The monoisotopic (exact) mass is 269 g/mol. The number of hydrogen-bond acceptors (Lipinski definition) is 2. The fourth-order valence-corrected chi connectivity index (χ4v) is 2.64. The van der Waals surface area contributed by atoms with Gasteiger partial charge in [-0.2, -0.15) is 5.26 Å². The summed E-state index contributed by atoms with van der Waals surface area (Å²) in [5.41, 5.74) is 3.16. The molecule has 2 aromatic carbocycles. The first-order chi connectivity index (χ1) is 9.29. The Hall–Kier alpha value is -1.98. The summed E-state index contributed by atoms with van der Waals surface area (Å²) in [4.78, 5) is 0. The van der Waals surface area contributed by atoms with E-state index in [1.807, 2.05) is 6.07 Å². The Morgan fingerprint density at radius 1 is 1.21 bits per heavy atom. The lowest BCUT2D eigenvalue weighted by molar-refractivity contribution is 0.274. The van der Waals surface area contributed by atoms with Crippen LogP contribution in [0.4, 0.5) is 0 Å². The maximum atomic E-state index is 9.08. The Morgan fingerprint density at radius 2 is 2.05 bits per heavy atom. The third-order valence-electron chi connectivity index (χ3n) is 3.49. The van der Waals surface area contributed by atoms with Gasteiger partial charge < -0.3 is 4.74 Å². The lowest BCUT2D eigenvalue weighted by Gasteiger charge is -2.29. The second-order valence-electron chi connectivity index (χ2n) is 4.64. The molecular formula is C16H12ClNO. The van der Waals surface area contributed by atoms with E-state index >= 15 is 0 Å². The van der Waals surface area contributed by atoms with Crippen molar-refractivity contribution in [2.75, 3.05) is 6.61 Å². The molecule has 1 atom stereocenters. The Balaban J connectivity index is 1.72. The molecule has 0 aromatic heterocycles. The fraction of sp³-hybridized carbons (Fsp3) is 0.188. The Bertz CT molecular complexity index is 660. The molecule has 0 N–H and O–H groups in total. The maximum Gasteiger partial charge on any atom is 0.138 e. The van der Waals surface area contributed by atoms with Gasteiger partial charge in [0, 0.05) is 5.92 Å². The van der Waals surface area contributed by atoms with Crippen LogP contribution in [0, 0.1) is 11.3 Å². The van der Waals surface area contributed by atoms with Crippen LogP contribution in [0.1, 0.15) is 22.6 Å². The van der Waals surface area contributed by atoms with Gasteiger partial charge in [0.25, 0.3) is 0 Å². The van der Waals surface area contributed by atoms with E-state index in [1.165, 1.54) is 11.1 Å². The fourth-order valence-electron chi connectivity index (χ4n) is 2.43. The van der Waals surface area contributed by atoms with Gasteiger partial charge >= 0.3 is 0 Å². The van der Waals surface area contributed by atoms with Crippen LogP contribution in [0.3, 0.4) is 0 Å². The first kappa shape index (κ1) is 12.1. The van der Waals surface area contributed by atoms with Gasteiger partial charge in [-0.3, -0.25) is 0 Å². The van der Waals surface area contributed by atoms with Crippen LogP contribution in [0.15, 0.2) is 42.5 Å². The normalized spacial score (nSPS) is 16.1. The van der Waals surface area contributed by atoms with Gasteiger partial charge in [0.1, 0.15) is 17.4 Å². The quantitative estimate of drug-likeness (QED) is 0.846. The number of nitriles is 1. The van der Waals surface area contributed by atoms with Crippen molar-refractivity contribution >= 4 is 11.6 Å². The number of benzene rings is 2. The van der Waals surface area contributed by atoms with Crippen molar-refractivity contribution in [2.24, 2.45) is 0 Å². The molecule has 3 rings (SSSR count). The van der Waals surface area contributed by atoms with Crippen molar-refractivity contribution in [1.82, 2.24) is 0 Å². The van der Waals surface area contributed by atoms with E-state index in [9.17, 15) is 0 Å². The molecule has 0 bridgehead atoms. The highest BCUT2D eigenvalue weighted by Gasteiger charge is 2.26. The summed E-state index contributed by atoms with van der Waals surface area (Å²) in [7, 11) is 0. The summed E-state index contributed by atoms with van der Waals surface area (Å²) in [6, 6.07) is 15.8. The van der Waals surface area contributed by atoms with E-state index < -0.39 is 0 Å². The molecular weight excluding hydrogens is 258 g/mol. The molecule has 0 amide bonds. The first-order valence-electron chi connectivity index (χ1n) is 6.19. The topological polar surface area (TPSA) is 33.0 Å². The molecule has 2 nitrogen and oxygen atoms in total. The van der Waals surface area contributed by atoms with Crippen molar-refractivity contribution < 1.29 is 4.74 Å². The van der Waals surface area contributed by atoms with Gasteiger partial charge in [-0.1, -0.05) is 41.9 Å². The van der Waals surface area contributed by atoms with E-state index in [2.05, 4.69) is 24.3 Å². The van der Waals surface area contributed by atoms with Gasteiger partial charge in [0.2, 0.25) is 0 Å². The highest BCUT2D eigenvalue weighted by atomic mass is 35.5. The minimum absolute atomic E-state index is 0.414. The molecule has 0 saturated heterocycles. The second-order valence-corrected chi connectivity index (χ2v) is 5.04. The Labute approximate surface area is 117 Å². The van der Waals surface area contributed by atoms with Crippen LogP contribution in [0.2, 0.25) is 5.02 Å². The number of nitrogens with zero attached hydrogens (tertiary/aromatic N) is 1. The maximum absolute atomic E-state index is 9.08. The molecule has 0 spiro atoms. The number of ether oxygens (including phenoxy) is 1. The van der Waals surface area contributed by atoms with Crippen molar-refractivity contribution in [3.05, 3.63) is 64.2 Å². The van der Waals surface area contributed by atoms with Crippen LogP contribution in [0.5, 0.6) is 5.75 Å². The Morgan fingerprint density at radius 3 is 2.84 bits per heavy atom. The molecule has 0 radical (unpaired) electrons. The summed E-state index contributed by atoms with van der Waals surface area (Å²) in [6.45, 7) is 0.589. The van der Waals surface area contributed by atoms with Gasteiger partial charge in [0.15, 0.2) is 0 Å². The van der Waals surface area contributed by atoms with Crippen molar-refractivity contribution in [1.29, 1.82) is 5.26 Å². The number of halogens is 1. The number of fused-ring (bicyclic) bond motifs is 1. The first-order valence-corrected chi connectivity index (χ1v) is 6.56. The molecule has 3 heteroatoms. The molecule has 0 aliphatic heterocycles. The van der Waals surface area contributed by atoms with Gasteiger partial charge in [0.05, 0.1) is 11.6 Å². The average molecular weight is 270 g/mol. The molecule has 0 heterocycles. The standard InChI is InChI=1S/C16H12ClNO/c17-15-6-3-7-16(14(15)9-18)19-10-12-8-11-4-1-2-5-13(11)12/h1-7,12H,8,10H2. The molecule has 0 saturated carbocycles. The number of hydrogen-bond donors (Lipinski definition) is 0. The van der Waals surface area contributed by atoms with Crippen LogP contribution in [0.25, 0.3) is 0 Å². The van der Waals surface area contributed by atoms with Crippen molar-refractivity contribution in [3.8, 4) is 11.8 Å². The zero-order valence-electron chi connectivity index (χ0n) is 10.3. The minimum atomic E-state index is 0.414. The summed E-state index contributed by atoms with van der Waals surface area (Å²) in [5, 5.41) is 9.52. The highest BCUT2D eigenvalue weighted by molar-refractivity contribution is 6.31. The molecule has 19 heavy (non-hydrogen) atoms. The largest absolute Gasteiger partial charge is 0.491 e. The molecule has 1 aliphatic carbocycles. The summed E-state index contributed by atoms with van der Waals surface area (Å²) in [5.74, 6) is 0.987. The lowest BCUT2D eigenvalue weighted by Crippen LogP contribution is -2.23. The van der Waals surface area contributed by atoms with E-state index in [1.54, 1.807) is 18.2 Å². The predicted molar refractivity (Wildman–Crippen MR) is 74.5 cm³/mol. The van der Waals surface area contributed by atoms with Gasteiger partial charge in [-0.15, -0.1) is 0 Å². The Kier molecular flexibility index (Phi) is 3.15. The zero-order chi connectivity index (χ0) is 13.2. The molecule has 1 aliphatic rings. The molecule has 0 fully saturated rings. The van der Waals surface area contributed by atoms with E-state index in [-0.39, 0.29) is 0 Å². The van der Waals surface area contributed by atoms with Crippen LogP contribution in [-0.4, -0.2) is 6.61 Å². The summed E-state index contributed by atoms with van der Waals surface area (Å²) >= 11 is 5.97. The second kappa shape index (κ2) is 4.95. The summed E-state index contributed by atoms with van der Waals surface area (Å²) < 4.78 is 5.76. The van der Waals surface area contributed by atoms with Gasteiger partial charge in [-0.05, 0) is 29.7 Å². The van der Waals surface area contributed by atoms with Crippen LogP contribution >= 0.6 is 11.6 Å². The smallest absolute Gasteiger partial charge is 0.138 e. The van der Waals surface area contributed by atoms with Crippen LogP contribution in [-0.2, 0) is 6.42 Å². The SMILES string of the molecule is N#Cc1c(Cl)cccc1OCC1Cc2ccccc21. The lowest BCUT2D eigenvalue weighted by atomic mass is 9.78. The third kappa shape index (κ3) is 2.18. The predicted octanol–water partition coefficient (Wildman–Crippen LogP) is 3.93. The number of rotatable bonds is 3. The molecule has 2 aromatic rings. The zero-order valence-corrected chi connectivity index (χ0v) is 11.0. The van der Waals surface area contributed by atoms with Crippen LogP contribution < -0.4 is 4.74 Å². The third-order valence-corrected chi connectivity index (χ3v) is 3.80. The van der Waals surface area contributed by atoms with Gasteiger partial charge in [-0.25, -0.2) is 0 Å². The summed E-state index contributed by atoms with van der Waals surface area (Å²) in [6.07, 6.45) is 1.04. The van der Waals surface area contributed by atoms with E-state index in [0.29, 0.717) is 28.9 Å².